The number of carbonyl (C=O) groups is 1. The Bertz CT molecular complexity index is 831. The molecule has 1 amide bonds. The Labute approximate surface area is 148 Å². The highest BCUT2D eigenvalue weighted by Gasteiger charge is 2.44. The molecule has 1 aliphatic rings. The molecule has 1 fully saturated rings. The topological polar surface area (TPSA) is 75.3 Å². The van der Waals surface area contributed by atoms with Crippen molar-refractivity contribution in [3.63, 3.8) is 0 Å². The lowest BCUT2D eigenvalue weighted by Gasteiger charge is -2.19. The summed E-state index contributed by atoms with van der Waals surface area (Å²) in [7, 11) is -3.71. The van der Waals surface area contributed by atoms with Gasteiger partial charge in [0.25, 0.3) is 0 Å². The lowest BCUT2D eigenvalue weighted by molar-refractivity contribution is -0.122. The Morgan fingerprint density at radius 1 is 1.04 bits per heavy atom. The van der Waals surface area contributed by atoms with Crippen molar-refractivity contribution in [3.05, 3.63) is 66.2 Å². The van der Waals surface area contributed by atoms with Crippen LogP contribution in [0, 0.1) is 0 Å². The number of benzene rings is 2. The number of rotatable bonds is 7. The second-order valence-corrected chi connectivity index (χ2v) is 8.23. The Morgan fingerprint density at radius 3 is 2.16 bits per heavy atom. The van der Waals surface area contributed by atoms with Crippen LogP contribution >= 0.6 is 0 Å². The van der Waals surface area contributed by atoms with Crippen molar-refractivity contribution in [2.75, 3.05) is 6.54 Å². The molecule has 0 unspecified atom stereocenters. The molecule has 1 saturated carbocycles. The molecule has 2 aromatic rings. The van der Waals surface area contributed by atoms with E-state index in [1.165, 1.54) is 17.7 Å². The SMILES string of the molecule is C[C@@H](NS(=O)(=O)c1ccccc1)C(=O)NCC1(c2ccccc2)CC1. The van der Waals surface area contributed by atoms with Gasteiger partial charge in [-0.25, -0.2) is 8.42 Å². The van der Waals surface area contributed by atoms with E-state index in [2.05, 4.69) is 22.2 Å². The normalized spacial score (nSPS) is 16.8. The van der Waals surface area contributed by atoms with Crippen molar-refractivity contribution in [3.8, 4) is 0 Å². The van der Waals surface area contributed by atoms with Gasteiger partial charge in [0.2, 0.25) is 15.9 Å². The van der Waals surface area contributed by atoms with Crippen LogP contribution in [0.5, 0.6) is 0 Å². The van der Waals surface area contributed by atoms with Crippen molar-refractivity contribution < 1.29 is 13.2 Å². The van der Waals surface area contributed by atoms with E-state index in [1.54, 1.807) is 25.1 Å². The fraction of sp³-hybridized carbons (Fsp3) is 0.316. The monoisotopic (exact) mass is 358 g/mol. The second kappa shape index (κ2) is 6.98. The molecule has 0 spiro atoms. The second-order valence-electron chi connectivity index (χ2n) is 6.52. The number of hydrogen-bond donors (Lipinski definition) is 2. The third kappa shape index (κ3) is 4.08. The third-order valence-corrected chi connectivity index (χ3v) is 6.18. The Morgan fingerprint density at radius 2 is 1.60 bits per heavy atom. The molecule has 0 saturated heterocycles. The lowest BCUT2D eigenvalue weighted by Crippen LogP contribution is -2.46. The minimum Gasteiger partial charge on any atom is -0.354 e. The van der Waals surface area contributed by atoms with E-state index in [4.69, 9.17) is 0 Å². The molecule has 0 bridgehead atoms. The van der Waals surface area contributed by atoms with E-state index in [0.717, 1.165) is 12.8 Å². The van der Waals surface area contributed by atoms with Crippen LogP contribution in [0.15, 0.2) is 65.6 Å². The van der Waals surface area contributed by atoms with Crippen LogP contribution in [0.25, 0.3) is 0 Å². The van der Waals surface area contributed by atoms with Gasteiger partial charge in [-0.1, -0.05) is 48.5 Å². The Balaban J connectivity index is 1.59. The summed E-state index contributed by atoms with van der Waals surface area (Å²) in [6.45, 7) is 2.07. The molecule has 0 radical (unpaired) electrons. The fourth-order valence-corrected chi connectivity index (χ4v) is 4.10. The first-order chi connectivity index (χ1) is 11.9. The first kappa shape index (κ1) is 17.6. The van der Waals surface area contributed by atoms with E-state index >= 15 is 0 Å². The molecule has 1 atom stereocenters. The van der Waals surface area contributed by atoms with Crippen LogP contribution in [0.3, 0.4) is 0 Å². The van der Waals surface area contributed by atoms with Crippen molar-refractivity contribution >= 4 is 15.9 Å². The summed E-state index contributed by atoms with van der Waals surface area (Å²) in [5.74, 6) is -0.318. The number of nitrogens with one attached hydrogen (secondary N) is 2. The third-order valence-electron chi connectivity index (χ3n) is 4.62. The van der Waals surface area contributed by atoms with Gasteiger partial charge < -0.3 is 5.32 Å². The molecular weight excluding hydrogens is 336 g/mol. The van der Waals surface area contributed by atoms with Gasteiger partial charge in [-0.2, -0.15) is 4.72 Å². The molecule has 25 heavy (non-hydrogen) atoms. The van der Waals surface area contributed by atoms with Gasteiger partial charge in [0.05, 0.1) is 10.9 Å². The molecule has 6 heteroatoms. The van der Waals surface area contributed by atoms with Crippen molar-refractivity contribution in [2.45, 2.75) is 36.1 Å². The van der Waals surface area contributed by atoms with Crippen LogP contribution in [0.4, 0.5) is 0 Å². The van der Waals surface area contributed by atoms with Gasteiger partial charge in [0, 0.05) is 12.0 Å². The molecule has 2 aromatic carbocycles. The van der Waals surface area contributed by atoms with E-state index in [9.17, 15) is 13.2 Å². The van der Waals surface area contributed by atoms with Crippen LogP contribution in [-0.2, 0) is 20.2 Å². The summed E-state index contributed by atoms with van der Waals surface area (Å²) in [6.07, 6.45) is 2.06. The highest BCUT2D eigenvalue weighted by Crippen LogP contribution is 2.47. The molecule has 0 aromatic heterocycles. The average Bonchev–Trinajstić information content (AvgIpc) is 3.42. The molecule has 132 valence electrons. The molecule has 2 N–H and O–H groups in total. The zero-order valence-electron chi connectivity index (χ0n) is 14.1. The fourth-order valence-electron chi connectivity index (χ4n) is 2.87. The van der Waals surface area contributed by atoms with Gasteiger partial charge in [0.1, 0.15) is 0 Å². The van der Waals surface area contributed by atoms with E-state index < -0.39 is 16.1 Å². The summed E-state index contributed by atoms with van der Waals surface area (Å²) in [5, 5.41) is 2.89. The van der Waals surface area contributed by atoms with Crippen LogP contribution < -0.4 is 10.0 Å². The van der Waals surface area contributed by atoms with E-state index in [0.29, 0.717) is 6.54 Å². The predicted molar refractivity (Wildman–Crippen MR) is 96.6 cm³/mol. The molecule has 5 nitrogen and oxygen atoms in total. The lowest BCUT2D eigenvalue weighted by atomic mass is 9.96. The first-order valence-corrected chi connectivity index (χ1v) is 9.82. The first-order valence-electron chi connectivity index (χ1n) is 8.34. The van der Waals surface area contributed by atoms with Gasteiger partial charge in [0.15, 0.2) is 0 Å². The number of carbonyl (C=O) groups excluding carboxylic acids is 1. The summed E-state index contributed by atoms with van der Waals surface area (Å²) < 4.78 is 27.0. The molecule has 0 heterocycles. The smallest absolute Gasteiger partial charge is 0.241 e. The molecule has 3 rings (SSSR count). The summed E-state index contributed by atoms with van der Waals surface area (Å²) in [5.41, 5.74) is 1.21. The zero-order chi connectivity index (χ0) is 17.9. The highest BCUT2D eigenvalue weighted by molar-refractivity contribution is 7.89. The minimum absolute atomic E-state index is 0.00501. The minimum atomic E-state index is -3.71. The Hall–Kier alpha value is -2.18. The van der Waals surface area contributed by atoms with Gasteiger partial charge in [-0.05, 0) is 37.5 Å². The number of amides is 1. The largest absolute Gasteiger partial charge is 0.354 e. The molecule has 0 aliphatic heterocycles. The maximum absolute atomic E-state index is 12.3. The predicted octanol–water partition coefficient (Wildman–Crippen LogP) is 2.20. The van der Waals surface area contributed by atoms with Gasteiger partial charge in [-0.3, -0.25) is 4.79 Å². The maximum Gasteiger partial charge on any atom is 0.241 e. The van der Waals surface area contributed by atoms with Crippen LogP contribution in [-0.4, -0.2) is 26.9 Å². The highest BCUT2D eigenvalue weighted by atomic mass is 32.2. The summed E-state index contributed by atoms with van der Waals surface area (Å²) >= 11 is 0. The number of hydrogen-bond acceptors (Lipinski definition) is 3. The van der Waals surface area contributed by atoms with Crippen molar-refractivity contribution in [1.82, 2.24) is 10.0 Å². The van der Waals surface area contributed by atoms with Gasteiger partial charge in [-0.15, -0.1) is 0 Å². The van der Waals surface area contributed by atoms with Crippen molar-refractivity contribution in [2.24, 2.45) is 0 Å². The molecule has 1 aliphatic carbocycles. The Kier molecular flexibility index (Phi) is 4.92. The van der Waals surface area contributed by atoms with Crippen molar-refractivity contribution in [1.29, 1.82) is 0 Å². The van der Waals surface area contributed by atoms with Crippen LogP contribution in [0.2, 0.25) is 0 Å². The summed E-state index contributed by atoms with van der Waals surface area (Å²) in [6, 6.07) is 17.3. The summed E-state index contributed by atoms with van der Waals surface area (Å²) in [4.78, 5) is 12.5. The zero-order valence-corrected chi connectivity index (χ0v) is 14.9. The van der Waals surface area contributed by atoms with E-state index in [-0.39, 0.29) is 16.2 Å². The van der Waals surface area contributed by atoms with Gasteiger partial charge >= 0.3 is 0 Å². The maximum atomic E-state index is 12.3. The number of sulfonamides is 1. The quantitative estimate of drug-likeness (QED) is 0.797. The van der Waals surface area contributed by atoms with Crippen LogP contribution in [0.1, 0.15) is 25.3 Å². The average molecular weight is 358 g/mol. The van der Waals surface area contributed by atoms with E-state index in [1.807, 2.05) is 18.2 Å². The molecular formula is C19H22N2O3S. The standard InChI is InChI=1S/C19H22N2O3S/c1-15(21-25(23,24)17-10-6-3-7-11-17)18(22)20-14-19(12-13-19)16-8-4-2-5-9-16/h2-11,15,21H,12-14H2,1H3,(H,20,22)/t15-/m1/s1.